The molecule has 1 aliphatic rings. The van der Waals surface area contributed by atoms with Gasteiger partial charge in [-0.2, -0.15) is 22.7 Å². The lowest BCUT2D eigenvalue weighted by Gasteiger charge is -2.25. The molecule has 1 atom stereocenters. The Morgan fingerprint density at radius 1 is 0.785 bits per heavy atom. The fourth-order valence-electron chi connectivity index (χ4n) is 6.92. The summed E-state index contributed by atoms with van der Waals surface area (Å²) in [5.41, 5.74) is 3.25. The van der Waals surface area contributed by atoms with E-state index < -0.39 is 53.1 Å². The Morgan fingerprint density at radius 2 is 1.40 bits per heavy atom. The second-order valence-electron chi connectivity index (χ2n) is 14.4. The third-order valence-corrected chi connectivity index (χ3v) is 12.9. The van der Waals surface area contributed by atoms with Crippen LogP contribution in [0.5, 0.6) is 0 Å². The maximum absolute atomic E-state index is 14.9. The first-order valence-corrected chi connectivity index (χ1v) is 22.9. The molecule has 0 saturated carbocycles. The first kappa shape index (κ1) is 47.5. The van der Waals surface area contributed by atoms with Crippen molar-refractivity contribution in [2.75, 3.05) is 39.8 Å². The summed E-state index contributed by atoms with van der Waals surface area (Å²) in [5, 5.41) is 18.8. The van der Waals surface area contributed by atoms with Gasteiger partial charge >= 0.3 is 12.9 Å². The van der Waals surface area contributed by atoms with Gasteiger partial charge < -0.3 is 18.0 Å². The van der Waals surface area contributed by atoms with E-state index in [0.717, 1.165) is 42.4 Å². The number of likely N-dealkylation sites (tertiary alicyclic amines) is 1. The summed E-state index contributed by atoms with van der Waals surface area (Å²) in [6.45, 7) is 7.70. The lowest BCUT2D eigenvalue weighted by atomic mass is 10.1. The molecule has 0 amide bonds. The van der Waals surface area contributed by atoms with E-state index in [0.29, 0.717) is 29.2 Å². The summed E-state index contributed by atoms with van der Waals surface area (Å²) in [7, 11) is -1.41. The third kappa shape index (κ3) is 11.5. The summed E-state index contributed by atoms with van der Waals surface area (Å²) < 4.78 is 122. The molecule has 4 aromatic carbocycles. The Labute approximate surface area is 380 Å². The van der Waals surface area contributed by atoms with Gasteiger partial charge in [-0.05, 0) is 99.4 Å². The number of aromatic nitrogens is 6. The highest BCUT2D eigenvalue weighted by Crippen LogP contribution is 2.33. The van der Waals surface area contributed by atoms with E-state index in [1.165, 1.54) is 67.3 Å². The molecule has 12 nitrogen and oxygen atoms in total. The molecule has 0 radical (unpaired) electrons. The van der Waals surface area contributed by atoms with Crippen molar-refractivity contribution < 1.29 is 43.8 Å². The van der Waals surface area contributed by atoms with Crippen LogP contribution in [-0.4, -0.2) is 70.4 Å². The van der Waals surface area contributed by atoms with Gasteiger partial charge in [0.25, 0.3) is 11.8 Å². The van der Waals surface area contributed by atoms with Crippen LogP contribution in [0.25, 0.3) is 33.8 Å². The molecule has 1 aliphatic heterocycles. The minimum Gasteiger partial charge on any atom is -0.415 e. The zero-order valence-electron chi connectivity index (χ0n) is 34.8. The lowest BCUT2D eigenvalue weighted by molar-refractivity contribution is 0.115. The standard InChI is InChI=1S/C22H21ClF4N4OS.C21H20F3N5O2S/c23-17-12-16(5-6-18(17)24)31(33-10-9-30-7-1-2-8-30)13-15-4-3-14(11-19(15)25)21-28-29-22(32-21)20(26)27;1-3-28-17-6-5-7-18(15(17)11-25-28)29(32(30)4-2)12-14-9-8-13(10-16(14)22)20-26-27-21(31-20)19(23)24/h3-6,11-12,20H,1-2,7-10,13H2;5-11,19H,3-4,12H2,1-2H3. The highest BCUT2D eigenvalue weighted by Gasteiger charge is 2.23. The molecule has 4 heterocycles. The van der Waals surface area contributed by atoms with Crippen LogP contribution in [0.15, 0.2) is 87.8 Å². The Balaban J connectivity index is 0.000000194. The van der Waals surface area contributed by atoms with Crippen LogP contribution >= 0.6 is 23.5 Å². The van der Waals surface area contributed by atoms with Crippen LogP contribution in [0, 0.1) is 17.5 Å². The number of hydrogen-bond donors (Lipinski definition) is 0. The van der Waals surface area contributed by atoms with Crippen LogP contribution < -0.4 is 8.61 Å². The number of benzene rings is 4. The predicted octanol–water partition coefficient (Wildman–Crippen LogP) is 11.2. The molecule has 0 N–H and O–H groups in total. The number of anilines is 2. The quantitative estimate of drug-likeness (QED) is 0.0640. The largest absolute Gasteiger partial charge is 0.415 e. The average Bonchev–Trinajstić information content (AvgIpc) is 4.15. The van der Waals surface area contributed by atoms with Crippen LogP contribution in [0.1, 0.15) is 62.4 Å². The van der Waals surface area contributed by atoms with Crippen molar-refractivity contribution >= 4 is 56.8 Å². The molecule has 0 bridgehead atoms. The first-order valence-electron chi connectivity index (χ1n) is 20.3. The summed E-state index contributed by atoms with van der Waals surface area (Å²) in [6.07, 6.45) is -1.71. The topological polar surface area (TPSA) is 122 Å². The van der Waals surface area contributed by atoms with Crippen molar-refractivity contribution in [2.24, 2.45) is 0 Å². The Kier molecular flexibility index (Phi) is 15.8. The number of aryl methyl sites for hydroxylation is 1. The number of nitrogens with zero attached hydrogens (tertiary/aromatic N) is 9. The third-order valence-electron chi connectivity index (χ3n) is 10.3. The van der Waals surface area contributed by atoms with E-state index in [1.54, 1.807) is 23.5 Å². The summed E-state index contributed by atoms with van der Waals surface area (Å²) >= 11 is 7.48. The Bertz CT molecular complexity index is 2730. The van der Waals surface area contributed by atoms with E-state index >= 15 is 0 Å². The molecule has 7 aromatic rings. The fraction of sp³-hybridized carbons (Fsp3) is 0.326. The minimum atomic E-state index is -2.90. The van der Waals surface area contributed by atoms with Gasteiger partial charge in [0.1, 0.15) is 28.4 Å². The highest BCUT2D eigenvalue weighted by atomic mass is 35.5. The normalized spacial score (nSPS) is 13.5. The molecule has 3 aromatic heterocycles. The summed E-state index contributed by atoms with van der Waals surface area (Å²) in [5.74, 6) is -2.59. The molecular weight excluding hydrogens is 923 g/mol. The lowest BCUT2D eigenvalue weighted by Crippen LogP contribution is -2.27. The van der Waals surface area contributed by atoms with Crippen LogP contribution in [0.4, 0.5) is 42.1 Å². The van der Waals surface area contributed by atoms with Gasteiger partial charge in [-0.3, -0.25) is 8.99 Å². The van der Waals surface area contributed by atoms with Gasteiger partial charge in [0.05, 0.1) is 35.5 Å². The van der Waals surface area contributed by atoms with Gasteiger partial charge in [-0.15, -0.1) is 20.4 Å². The van der Waals surface area contributed by atoms with Gasteiger partial charge in [-0.1, -0.05) is 36.7 Å². The first-order chi connectivity index (χ1) is 31.3. The predicted molar refractivity (Wildman–Crippen MR) is 235 cm³/mol. The van der Waals surface area contributed by atoms with E-state index in [1.807, 2.05) is 34.1 Å². The molecule has 344 valence electrons. The highest BCUT2D eigenvalue weighted by molar-refractivity contribution is 8.00. The molecular formula is C43H41ClF7N9O3S2. The van der Waals surface area contributed by atoms with Crippen molar-refractivity contribution in [2.45, 2.75) is 59.2 Å². The van der Waals surface area contributed by atoms with Crippen molar-refractivity contribution in [1.82, 2.24) is 35.1 Å². The number of rotatable bonds is 17. The van der Waals surface area contributed by atoms with Gasteiger partial charge in [0.15, 0.2) is 0 Å². The number of hydrogen-bond acceptors (Lipinski definition) is 11. The van der Waals surface area contributed by atoms with E-state index in [9.17, 15) is 34.9 Å². The average molecular weight is 964 g/mol. The van der Waals surface area contributed by atoms with Crippen molar-refractivity contribution in [3.63, 3.8) is 0 Å². The molecule has 22 heteroatoms. The number of fused-ring (bicyclic) bond motifs is 1. The second-order valence-corrected chi connectivity index (χ2v) is 17.6. The Morgan fingerprint density at radius 3 is 1.94 bits per heavy atom. The van der Waals surface area contributed by atoms with Gasteiger partial charge in [0, 0.05) is 57.9 Å². The molecule has 65 heavy (non-hydrogen) atoms. The Hall–Kier alpha value is -5.51. The van der Waals surface area contributed by atoms with E-state index in [4.69, 9.17) is 20.4 Å². The monoisotopic (exact) mass is 963 g/mol. The molecule has 1 unspecified atom stereocenters. The van der Waals surface area contributed by atoms with Crippen molar-refractivity contribution in [3.05, 3.63) is 124 Å². The zero-order valence-corrected chi connectivity index (χ0v) is 37.2. The molecule has 0 spiro atoms. The zero-order chi connectivity index (χ0) is 46.2. The second kappa shape index (κ2) is 21.7. The molecule has 1 fully saturated rings. The number of alkyl halides is 4. The van der Waals surface area contributed by atoms with Crippen LogP contribution in [0.2, 0.25) is 5.02 Å². The summed E-state index contributed by atoms with van der Waals surface area (Å²) in [4.78, 5) is 2.37. The smallest absolute Gasteiger partial charge is 0.314 e. The summed E-state index contributed by atoms with van der Waals surface area (Å²) in [6, 6.07) is 18.4. The van der Waals surface area contributed by atoms with Gasteiger partial charge in [0.2, 0.25) is 11.8 Å². The van der Waals surface area contributed by atoms with Crippen molar-refractivity contribution in [3.8, 4) is 22.9 Å². The van der Waals surface area contributed by atoms with E-state index in [2.05, 4.69) is 30.4 Å². The molecule has 8 rings (SSSR count). The van der Waals surface area contributed by atoms with E-state index in [-0.39, 0.29) is 46.6 Å². The fourth-order valence-corrected chi connectivity index (χ4v) is 9.13. The van der Waals surface area contributed by atoms with Gasteiger partial charge in [-0.25, -0.2) is 17.4 Å². The molecule has 1 saturated heterocycles. The maximum Gasteiger partial charge on any atom is 0.314 e. The molecule has 0 aliphatic carbocycles. The minimum absolute atomic E-state index is 0.0142. The maximum atomic E-state index is 14.9. The SMILES string of the molecule is CCn1ncc2c(N(Cc3ccc(-c4nnc(C(F)F)o4)cc3F)S(=O)CC)cccc21.Fc1ccc(N(Cc2ccc(-c3nnc(C(F)F)o3)cc2F)SCCN2CCCC2)cc1Cl. The van der Waals surface area contributed by atoms with Crippen LogP contribution in [-0.2, 0) is 30.6 Å². The number of halogens is 8. The van der Waals surface area contributed by atoms with Crippen molar-refractivity contribution in [1.29, 1.82) is 0 Å². The van der Waals surface area contributed by atoms with Crippen LogP contribution in [0.3, 0.4) is 0 Å².